The molecule has 0 bridgehead atoms. The second-order valence-electron chi connectivity index (χ2n) is 8.36. The Morgan fingerprint density at radius 3 is 1.25 bits per heavy atom. The SMILES string of the molecule is N[C@@H](CCC(=O)N[C@@H](CS)C(=O)N[C@@H](CCC(=O)NC(CS)C(=O)NC(CCC(=O)O)C(=O)O)C(=O)O)C(=O)O. The number of nitrogens with one attached hydrogen (secondary N) is 4. The summed E-state index contributed by atoms with van der Waals surface area (Å²) < 4.78 is 0. The highest BCUT2D eigenvalue weighted by Gasteiger charge is 2.29. The summed E-state index contributed by atoms with van der Waals surface area (Å²) in [6.45, 7) is 0. The van der Waals surface area contributed by atoms with Crippen molar-refractivity contribution in [1.82, 2.24) is 21.3 Å². The molecule has 0 aromatic heterocycles. The van der Waals surface area contributed by atoms with Crippen molar-refractivity contribution in [3.63, 3.8) is 0 Å². The fourth-order valence-electron chi connectivity index (χ4n) is 2.93. The average molecular weight is 612 g/mol. The molecule has 4 amide bonds. The van der Waals surface area contributed by atoms with Crippen molar-refractivity contribution < 1.29 is 58.8 Å². The molecule has 0 saturated heterocycles. The van der Waals surface area contributed by atoms with Crippen molar-refractivity contribution in [2.24, 2.45) is 5.73 Å². The van der Waals surface area contributed by atoms with Crippen molar-refractivity contribution >= 4 is 72.8 Å². The van der Waals surface area contributed by atoms with E-state index in [0.717, 1.165) is 0 Å². The normalized spacial score (nSPS) is 14.4. The monoisotopic (exact) mass is 611 g/mol. The van der Waals surface area contributed by atoms with Crippen LogP contribution in [-0.2, 0) is 38.4 Å². The van der Waals surface area contributed by atoms with Gasteiger partial charge >= 0.3 is 23.9 Å². The molecular weight excluding hydrogens is 578 g/mol. The van der Waals surface area contributed by atoms with Crippen LogP contribution in [0.15, 0.2) is 0 Å². The Morgan fingerprint density at radius 2 is 0.925 bits per heavy atom. The highest BCUT2D eigenvalue weighted by Crippen LogP contribution is 2.04. The third-order valence-electron chi connectivity index (χ3n) is 5.20. The summed E-state index contributed by atoms with van der Waals surface area (Å²) >= 11 is 7.87. The Morgan fingerprint density at radius 1 is 0.550 bits per heavy atom. The number of carboxylic acid groups (broad SMARTS) is 4. The molecule has 0 fully saturated rings. The minimum Gasteiger partial charge on any atom is -0.481 e. The summed E-state index contributed by atoms with van der Waals surface area (Å²) in [5, 5.41) is 44.8. The second kappa shape index (κ2) is 18.7. The number of carbonyl (C=O) groups is 8. The van der Waals surface area contributed by atoms with E-state index in [9.17, 15) is 43.5 Å². The van der Waals surface area contributed by atoms with Crippen LogP contribution in [0, 0.1) is 0 Å². The Bertz CT molecular complexity index is 966. The van der Waals surface area contributed by atoms with Crippen LogP contribution >= 0.6 is 25.3 Å². The quantitative estimate of drug-likeness (QED) is 0.0605. The average Bonchev–Trinajstić information content (AvgIpc) is 2.87. The van der Waals surface area contributed by atoms with E-state index < -0.39 is 103 Å². The molecule has 0 radical (unpaired) electrons. The van der Waals surface area contributed by atoms with Crippen molar-refractivity contribution in [2.45, 2.75) is 68.7 Å². The Balaban J connectivity index is 5.00. The summed E-state index contributed by atoms with van der Waals surface area (Å²) in [4.78, 5) is 93.4. The number of carbonyl (C=O) groups excluding carboxylic acids is 4. The topological polar surface area (TPSA) is 292 Å². The lowest BCUT2D eigenvalue weighted by Crippen LogP contribution is -2.53. The largest absolute Gasteiger partial charge is 0.481 e. The molecule has 2 unspecified atom stereocenters. The van der Waals surface area contributed by atoms with Crippen LogP contribution in [0.5, 0.6) is 0 Å². The van der Waals surface area contributed by atoms with Crippen LogP contribution in [0.2, 0.25) is 0 Å². The van der Waals surface area contributed by atoms with Gasteiger partial charge in [-0.05, 0) is 19.3 Å². The zero-order valence-corrected chi connectivity index (χ0v) is 22.9. The highest BCUT2D eigenvalue weighted by atomic mass is 32.1. The third-order valence-corrected chi connectivity index (χ3v) is 5.93. The number of hydrogen-bond acceptors (Lipinski definition) is 11. The standard InChI is InChI=1S/C21H33N5O12S2/c22-9(19(33)34)1-4-14(27)23-12(7-39)17(31)25-10(20(35)36)2-5-15(28)24-13(8-40)18(32)26-11(21(37)38)3-6-16(29)30/h9-13,39-40H,1-8,22H2,(H,23,27)(H,24,28)(H,25,31)(H,26,32)(H,29,30)(H,33,34)(H,35,36)(H,37,38)/t9-,10-,11?,12-,13?/m0/s1. The van der Waals surface area contributed by atoms with Crippen molar-refractivity contribution in [2.75, 3.05) is 11.5 Å². The van der Waals surface area contributed by atoms with Gasteiger partial charge < -0.3 is 47.4 Å². The van der Waals surface area contributed by atoms with E-state index in [0.29, 0.717) is 0 Å². The summed E-state index contributed by atoms with van der Waals surface area (Å²) in [6, 6.07) is -7.04. The maximum Gasteiger partial charge on any atom is 0.326 e. The maximum absolute atomic E-state index is 12.5. The van der Waals surface area contributed by atoms with E-state index in [1.54, 1.807) is 0 Å². The van der Waals surface area contributed by atoms with Crippen LogP contribution in [-0.4, -0.2) is 110 Å². The number of nitrogens with two attached hydrogens (primary N) is 1. The molecule has 0 rings (SSSR count). The van der Waals surface area contributed by atoms with Gasteiger partial charge in [0.15, 0.2) is 0 Å². The van der Waals surface area contributed by atoms with Gasteiger partial charge in [-0.1, -0.05) is 0 Å². The van der Waals surface area contributed by atoms with Gasteiger partial charge in [-0.2, -0.15) is 25.3 Å². The second-order valence-corrected chi connectivity index (χ2v) is 9.09. The van der Waals surface area contributed by atoms with Gasteiger partial charge in [0.2, 0.25) is 23.6 Å². The Hall–Kier alpha value is -3.58. The summed E-state index contributed by atoms with van der Waals surface area (Å²) in [7, 11) is 0. The molecule has 0 aromatic rings. The minimum absolute atomic E-state index is 0.209. The Kier molecular flexibility index (Phi) is 17.0. The number of hydrogen-bond donors (Lipinski definition) is 11. The van der Waals surface area contributed by atoms with Crippen LogP contribution in [0.1, 0.15) is 38.5 Å². The van der Waals surface area contributed by atoms with E-state index >= 15 is 0 Å². The summed E-state index contributed by atoms with van der Waals surface area (Å²) in [5.41, 5.74) is 5.31. The van der Waals surface area contributed by atoms with Gasteiger partial charge in [-0.3, -0.25) is 28.8 Å². The molecular formula is C21H33N5O12S2. The van der Waals surface area contributed by atoms with E-state index in [-0.39, 0.29) is 24.3 Å². The Labute approximate surface area is 238 Å². The maximum atomic E-state index is 12.5. The smallest absolute Gasteiger partial charge is 0.326 e. The van der Waals surface area contributed by atoms with Gasteiger partial charge in [-0.25, -0.2) is 9.59 Å². The molecule has 0 aliphatic carbocycles. The first-order valence-electron chi connectivity index (χ1n) is 11.7. The lowest BCUT2D eigenvalue weighted by Gasteiger charge is -2.21. The predicted octanol–water partition coefficient (Wildman–Crippen LogP) is -3.21. The van der Waals surface area contributed by atoms with Crippen LogP contribution in [0.3, 0.4) is 0 Å². The number of carboxylic acids is 4. The highest BCUT2D eigenvalue weighted by molar-refractivity contribution is 7.80. The molecule has 0 aliphatic heterocycles. The summed E-state index contributed by atoms with van der Waals surface area (Å²) in [5.74, 6) is -9.55. The molecule has 0 heterocycles. The molecule has 5 atom stereocenters. The molecule has 0 spiro atoms. The van der Waals surface area contributed by atoms with Crippen molar-refractivity contribution in [3.05, 3.63) is 0 Å². The van der Waals surface area contributed by atoms with Crippen molar-refractivity contribution in [1.29, 1.82) is 0 Å². The molecule has 40 heavy (non-hydrogen) atoms. The molecule has 226 valence electrons. The molecule has 10 N–H and O–H groups in total. The van der Waals surface area contributed by atoms with E-state index in [4.69, 9.17) is 21.1 Å². The summed E-state index contributed by atoms with van der Waals surface area (Å²) in [6.07, 6.45) is -2.41. The first-order chi connectivity index (χ1) is 18.6. The number of amides is 4. The number of aliphatic carboxylic acids is 4. The van der Waals surface area contributed by atoms with Crippen LogP contribution in [0.4, 0.5) is 0 Å². The third kappa shape index (κ3) is 14.5. The zero-order chi connectivity index (χ0) is 31.0. The van der Waals surface area contributed by atoms with Gasteiger partial charge in [0.1, 0.15) is 30.2 Å². The molecule has 0 saturated carbocycles. The van der Waals surface area contributed by atoms with Gasteiger partial charge in [0.05, 0.1) is 0 Å². The molecule has 17 nitrogen and oxygen atoms in total. The molecule has 0 aliphatic rings. The first-order valence-corrected chi connectivity index (χ1v) is 13.0. The van der Waals surface area contributed by atoms with Gasteiger partial charge in [0, 0.05) is 30.8 Å². The fourth-order valence-corrected chi connectivity index (χ4v) is 3.45. The predicted molar refractivity (Wildman–Crippen MR) is 142 cm³/mol. The zero-order valence-electron chi connectivity index (χ0n) is 21.1. The number of thiol groups is 2. The number of rotatable bonds is 20. The van der Waals surface area contributed by atoms with Gasteiger partial charge in [0.25, 0.3) is 0 Å². The lowest BCUT2D eigenvalue weighted by atomic mass is 10.1. The van der Waals surface area contributed by atoms with E-state index in [1.165, 1.54) is 0 Å². The van der Waals surface area contributed by atoms with Gasteiger partial charge in [-0.15, -0.1) is 0 Å². The lowest BCUT2D eigenvalue weighted by molar-refractivity contribution is -0.143. The molecule has 0 aromatic carbocycles. The molecule has 19 heteroatoms. The van der Waals surface area contributed by atoms with Crippen LogP contribution < -0.4 is 27.0 Å². The first kappa shape index (κ1) is 36.4. The van der Waals surface area contributed by atoms with E-state index in [1.807, 2.05) is 0 Å². The fraction of sp³-hybridized carbons (Fsp3) is 0.619. The van der Waals surface area contributed by atoms with E-state index in [2.05, 4.69) is 46.5 Å². The van der Waals surface area contributed by atoms with Crippen LogP contribution in [0.25, 0.3) is 0 Å². The minimum atomic E-state index is -1.59. The van der Waals surface area contributed by atoms with Crippen molar-refractivity contribution in [3.8, 4) is 0 Å².